The summed E-state index contributed by atoms with van der Waals surface area (Å²) in [5.41, 5.74) is 2.67. The number of nitrogens with one attached hydrogen (secondary N) is 3. The SMILES string of the molecule is CS(=O)(=O)NCc1nc2c(c(NCc3cccc(F)c3)n1)CNCC2. The number of fused-ring (bicyclic) bond motifs is 1. The van der Waals surface area contributed by atoms with E-state index >= 15 is 0 Å². The number of benzene rings is 1. The quantitative estimate of drug-likeness (QED) is 0.705. The van der Waals surface area contributed by atoms with Crippen LogP contribution in [0.5, 0.6) is 0 Å². The van der Waals surface area contributed by atoms with Gasteiger partial charge in [-0.05, 0) is 17.7 Å². The molecular formula is C16H20FN5O2S. The van der Waals surface area contributed by atoms with Crippen molar-refractivity contribution in [2.45, 2.75) is 26.1 Å². The van der Waals surface area contributed by atoms with Crippen molar-refractivity contribution in [2.75, 3.05) is 18.1 Å². The van der Waals surface area contributed by atoms with Gasteiger partial charge >= 0.3 is 0 Å². The highest BCUT2D eigenvalue weighted by molar-refractivity contribution is 7.88. The van der Waals surface area contributed by atoms with Gasteiger partial charge in [0.1, 0.15) is 17.5 Å². The second-order valence-corrected chi connectivity index (χ2v) is 7.75. The van der Waals surface area contributed by atoms with Crippen LogP contribution in [0.1, 0.15) is 22.6 Å². The number of hydrogen-bond acceptors (Lipinski definition) is 6. The third-order valence-electron chi connectivity index (χ3n) is 3.82. The molecule has 0 fully saturated rings. The summed E-state index contributed by atoms with van der Waals surface area (Å²) in [4.78, 5) is 8.91. The highest BCUT2D eigenvalue weighted by Crippen LogP contribution is 2.21. The molecule has 3 N–H and O–H groups in total. The Balaban J connectivity index is 1.82. The Morgan fingerprint density at radius 1 is 1.28 bits per heavy atom. The molecule has 3 rings (SSSR count). The molecule has 0 atom stereocenters. The van der Waals surface area contributed by atoms with Crippen LogP contribution in [-0.4, -0.2) is 31.2 Å². The third-order valence-corrected chi connectivity index (χ3v) is 4.49. The fourth-order valence-electron chi connectivity index (χ4n) is 2.65. The molecule has 0 radical (unpaired) electrons. The van der Waals surface area contributed by atoms with Crippen LogP contribution in [0, 0.1) is 5.82 Å². The summed E-state index contributed by atoms with van der Waals surface area (Å²) < 4.78 is 38.3. The monoisotopic (exact) mass is 365 g/mol. The number of nitrogens with zero attached hydrogens (tertiary/aromatic N) is 2. The summed E-state index contributed by atoms with van der Waals surface area (Å²) in [7, 11) is -3.32. The fraction of sp³-hybridized carbons (Fsp3) is 0.375. The fourth-order valence-corrected chi connectivity index (χ4v) is 3.04. The molecule has 2 heterocycles. The summed E-state index contributed by atoms with van der Waals surface area (Å²) in [6.45, 7) is 1.90. The lowest BCUT2D eigenvalue weighted by molar-refractivity contribution is 0.583. The van der Waals surface area contributed by atoms with Gasteiger partial charge in [0.15, 0.2) is 0 Å². The summed E-state index contributed by atoms with van der Waals surface area (Å²) in [5.74, 6) is 0.767. The predicted molar refractivity (Wildman–Crippen MR) is 92.9 cm³/mol. The van der Waals surface area contributed by atoms with Gasteiger partial charge in [0.2, 0.25) is 10.0 Å². The van der Waals surface area contributed by atoms with Gasteiger partial charge in [-0.3, -0.25) is 0 Å². The van der Waals surface area contributed by atoms with Crippen molar-refractivity contribution in [2.24, 2.45) is 0 Å². The van der Waals surface area contributed by atoms with E-state index in [1.165, 1.54) is 12.1 Å². The second-order valence-electron chi connectivity index (χ2n) is 5.92. The van der Waals surface area contributed by atoms with Gasteiger partial charge in [-0.2, -0.15) is 0 Å². The molecule has 1 aliphatic heterocycles. The molecular weight excluding hydrogens is 345 g/mol. The highest BCUT2D eigenvalue weighted by atomic mass is 32.2. The van der Waals surface area contributed by atoms with E-state index < -0.39 is 10.0 Å². The molecule has 2 aromatic rings. The van der Waals surface area contributed by atoms with E-state index in [-0.39, 0.29) is 12.4 Å². The minimum absolute atomic E-state index is 0.0359. The van der Waals surface area contributed by atoms with Crippen molar-refractivity contribution in [3.05, 3.63) is 52.7 Å². The first-order valence-corrected chi connectivity index (χ1v) is 9.82. The number of hydrogen-bond donors (Lipinski definition) is 3. The van der Waals surface area contributed by atoms with E-state index in [1.807, 2.05) is 6.07 Å². The number of anilines is 1. The zero-order chi connectivity index (χ0) is 17.9. The van der Waals surface area contributed by atoms with E-state index in [9.17, 15) is 12.8 Å². The van der Waals surface area contributed by atoms with Crippen molar-refractivity contribution in [1.82, 2.24) is 20.0 Å². The predicted octanol–water partition coefficient (Wildman–Crippen LogP) is 0.923. The van der Waals surface area contributed by atoms with E-state index in [2.05, 4.69) is 25.3 Å². The summed E-state index contributed by atoms with van der Waals surface area (Å²) in [6.07, 6.45) is 1.84. The topological polar surface area (TPSA) is 96.0 Å². The molecule has 1 aliphatic rings. The Morgan fingerprint density at radius 3 is 2.88 bits per heavy atom. The van der Waals surface area contributed by atoms with Crippen molar-refractivity contribution in [1.29, 1.82) is 0 Å². The lowest BCUT2D eigenvalue weighted by atomic mass is 10.1. The van der Waals surface area contributed by atoms with Crippen LogP contribution in [-0.2, 0) is 36.1 Å². The van der Waals surface area contributed by atoms with E-state index in [4.69, 9.17) is 0 Å². The first-order valence-electron chi connectivity index (χ1n) is 7.93. The molecule has 0 saturated carbocycles. The number of aromatic nitrogens is 2. The Labute approximate surface area is 146 Å². The molecule has 134 valence electrons. The Kier molecular flexibility index (Phi) is 5.26. The van der Waals surface area contributed by atoms with Gasteiger partial charge in [-0.25, -0.2) is 27.5 Å². The zero-order valence-electron chi connectivity index (χ0n) is 13.8. The molecule has 9 heteroatoms. The molecule has 1 aromatic carbocycles. The normalized spacial score (nSPS) is 14.2. The van der Waals surface area contributed by atoms with Gasteiger partial charge in [0.25, 0.3) is 0 Å². The van der Waals surface area contributed by atoms with Gasteiger partial charge in [-0.15, -0.1) is 0 Å². The summed E-state index contributed by atoms with van der Waals surface area (Å²) in [5, 5.41) is 6.49. The lowest BCUT2D eigenvalue weighted by Crippen LogP contribution is -2.28. The zero-order valence-corrected chi connectivity index (χ0v) is 14.7. The number of halogens is 1. The molecule has 0 unspecified atom stereocenters. The standard InChI is InChI=1S/C16H20FN5O2S/c1-25(23,24)20-10-15-21-14-5-6-18-9-13(14)16(22-15)19-8-11-3-2-4-12(17)7-11/h2-4,7,18,20H,5-6,8-10H2,1H3,(H,19,21,22). The average molecular weight is 365 g/mol. The first-order chi connectivity index (χ1) is 11.9. The summed E-state index contributed by atoms with van der Waals surface area (Å²) in [6, 6.07) is 6.35. The molecule has 0 saturated heterocycles. The largest absolute Gasteiger partial charge is 0.366 e. The minimum atomic E-state index is -3.32. The van der Waals surface area contributed by atoms with Crippen molar-refractivity contribution in [3.8, 4) is 0 Å². The van der Waals surface area contributed by atoms with Gasteiger partial charge in [-0.1, -0.05) is 12.1 Å². The molecule has 25 heavy (non-hydrogen) atoms. The van der Waals surface area contributed by atoms with Gasteiger partial charge in [0.05, 0.1) is 18.5 Å². The van der Waals surface area contributed by atoms with Crippen LogP contribution in [0.15, 0.2) is 24.3 Å². The molecule has 0 spiro atoms. The average Bonchev–Trinajstić information content (AvgIpc) is 2.57. The number of sulfonamides is 1. The number of rotatable bonds is 6. The van der Waals surface area contributed by atoms with Crippen molar-refractivity contribution >= 4 is 15.8 Å². The van der Waals surface area contributed by atoms with E-state index in [0.29, 0.717) is 24.7 Å². The molecule has 7 nitrogen and oxygen atoms in total. The van der Waals surface area contributed by atoms with Crippen LogP contribution in [0.2, 0.25) is 0 Å². The van der Waals surface area contributed by atoms with Crippen LogP contribution in [0.3, 0.4) is 0 Å². The molecule has 0 bridgehead atoms. The third kappa shape index (κ3) is 4.94. The van der Waals surface area contributed by atoms with Crippen molar-refractivity contribution in [3.63, 3.8) is 0 Å². The Morgan fingerprint density at radius 2 is 2.12 bits per heavy atom. The first kappa shape index (κ1) is 17.7. The van der Waals surface area contributed by atoms with E-state index in [1.54, 1.807) is 6.07 Å². The van der Waals surface area contributed by atoms with Gasteiger partial charge < -0.3 is 10.6 Å². The molecule has 0 aliphatic carbocycles. The van der Waals surface area contributed by atoms with Crippen LogP contribution < -0.4 is 15.4 Å². The van der Waals surface area contributed by atoms with E-state index in [0.717, 1.165) is 36.0 Å². The van der Waals surface area contributed by atoms with Gasteiger partial charge in [0, 0.05) is 31.6 Å². The summed E-state index contributed by atoms with van der Waals surface area (Å²) >= 11 is 0. The maximum atomic E-state index is 13.3. The Hall–Kier alpha value is -2.10. The smallest absolute Gasteiger partial charge is 0.209 e. The molecule has 0 amide bonds. The second kappa shape index (κ2) is 7.42. The van der Waals surface area contributed by atoms with Crippen LogP contribution in [0.25, 0.3) is 0 Å². The Bertz CT molecular complexity index is 873. The maximum Gasteiger partial charge on any atom is 0.209 e. The molecule has 1 aromatic heterocycles. The highest BCUT2D eigenvalue weighted by Gasteiger charge is 2.18. The lowest BCUT2D eigenvalue weighted by Gasteiger charge is -2.21. The van der Waals surface area contributed by atoms with Crippen LogP contribution >= 0.6 is 0 Å². The van der Waals surface area contributed by atoms with Crippen LogP contribution in [0.4, 0.5) is 10.2 Å². The maximum absolute atomic E-state index is 13.3. The minimum Gasteiger partial charge on any atom is -0.366 e. The van der Waals surface area contributed by atoms with Crippen molar-refractivity contribution < 1.29 is 12.8 Å².